The zero-order chi connectivity index (χ0) is 12.8. The Morgan fingerprint density at radius 1 is 1.35 bits per heavy atom. The summed E-state index contributed by atoms with van der Waals surface area (Å²) in [5, 5.41) is 3.43. The molecular formula is C14H16ClFN4. The second kappa shape index (κ2) is 5.14. The number of nitrogens with zero attached hydrogens (tertiary/aromatic N) is 3. The Morgan fingerprint density at radius 3 is 3.00 bits per heavy atom. The van der Waals surface area contributed by atoms with Gasteiger partial charge in [-0.3, -0.25) is 4.98 Å². The second-order valence-corrected chi connectivity index (χ2v) is 5.35. The molecule has 4 rings (SSSR count). The van der Waals surface area contributed by atoms with Crippen molar-refractivity contribution in [1.29, 1.82) is 0 Å². The average Bonchev–Trinajstić information content (AvgIpc) is 2.41. The number of fused-ring (bicyclic) bond motifs is 2. The summed E-state index contributed by atoms with van der Waals surface area (Å²) in [6.45, 7) is 3.06. The zero-order valence-electron chi connectivity index (χ0n) is 10.9. The maximum Gasteiger partial charge on any atom is 0.151 e. The number of rotatable bonds is 1. The van der Waals surface area contributed by atoms with Crippen LogP contribution in [0.3, 0.4) is 0 Å². The molecule has 2 saturated heterocycles. The summed E-state index contributed by atoms with van der Waals surface area (Å²) in [5.74, 6) is 1.29. The summed E-state index contributed by atoms with van der Waals surface area (Å²) in [4.78, 5) is 11.0. The number of nitrogens with one attached hydrogen (secondary N) is 1. The molecule has 2 aliphatic rings. The van der Waals surface area contributed by atoms with E-state index in [1.54, 1.807) is 18.3 Å². The molecule has 0 spiro atoms. The molecular weight excluding hydrogens is 279 g/mol. The topological polar surface area (TPSA) is 41.1 Å². The number of aromatic nitrogens is 2. The molecule has 0 radical (unpaired) electrons. The fourth-order valence-corrected chi connectivity index (χ4v) is 2.97. The maximum atomic E-state index is 13.7. The highest BCUT2D eigenvalue weighted by atomic mass is 35.5. The summed E-state index contributed by atoms with van der Waals surface area (Å²) in [6.07, 6.45) is 2.93. The predicted molar refractivity (Wildman–Crippen MR) is 78.9 cm³/mol. The van der Waals surface area contributed by atoms with E-state index in [4.69, 9.17) is 0 Å². The molecule has 0 amide bonds. The predicted octanol–water partition coefficient (Wildman–Crippen LogP) is 1.99. The summed E-state index contributed by atoms with van der Waals surface area (Å²) >= 11 is 0. The van der Waals surface area contributed by atoms with Gasteiger partial charge < -0.3 is 10.2 Å². The van der Waals surface area contributed by atoms with Gasteiger partial charge in [0.1, 0.15) is 11.3 Å². The third-order valence-electron chi connectivity index (χ3n) is 4.23. The third kappa shape index (κ3) is 2.11. The van der Waals surface area contributed by atoms with Gasteiger partial charge >= 0.3 is 0 Å². The van der Waals surface area contributed by atoms with E-state index >= 15 is 0 Å². The monoisotopic (exact) mass is 294 g/mol. The van der Waals surface area contributed by atoms with E-state index in [1.165, 1.54) is 12.5 Å². The highest BCUT2D eigenvalue weighted by molar-refractivity contribution is 5.85. The number of anilines is 1. The number of halogens is 2. The molecule has 3 heterocycles. The summed E-state index contributed by atoms with van der Waals surface area (Å²) in [6, 6.07) is 5.44. The summed E-state index contributed by atoms with van der Waals surface area (Å²) < 4.78 is 13.7. The molecule has 1 N–H and O–H groups in total. The molecule has 2 atom stereocenters. The number of piperidine rings is 1. The van der Waals surface area contributed by atoms with Crippen LogP contribution in [-0.4, -0.2) is 35.6 Å². The van der Waals surface area contributed by atoms with E-state index in [-0.39, 0.29) is 18.2 Å². The Morgan fingerprint density at radius 2 is 2.25 bits per heavy atom. The van der Waals surface area contributed by atoms with E-state index in [1.807, 2.05) is 0 Å². The highest BCUT2D eigenvalue weighted by Gasteiger charge is 2.35. The first-order valence-electron chi connectivity index (χ1n) is 6.71. The Bertz CT molecular complexity index is 636. The minimum atomic E-state index is -0.302. The zero-order valence-corrected chi connectivity index (χ0v) is 11.7. The molecule has 0 saturated carbocycles. The van der Waals surface area contributed by atoms with Crippen LogP contribution in [0.4, 0.5) is 10.2 Å². The van der Waals surface area contributed by atoms with Crippen LogP contribution in [0.1, 0.15) is 6.42 Å². The van der Waals surface area contributed by atoms with Crippen LogP contribution in [0.5, 0.6) is 0 Å². The third-order valence-corrected chi connectivity index (χ3v) is 4.23. The van der Waals surface area contributed by atoms with Crippen LogP contribution >= 0.6 is 12.4 Å². The molecule has 20 heavy (non-hydrogen) atoms. The van der Waals surface area contributed by atoms with Crippen LogP contribution in [0.15, 0.2) is 24.4 Å². The largest absolute Gasteiger partial charge is 0.354 e. The smallest absolute Gasteiger partial charge is 0.151 e. The van der Waals surface area contributed by atoms with Gasteiger partial charge in [0.2, 0.25) is 0 Å². The molecule has 0 aliphatic carbocycles. The molecule has 2 aromatic rings. The van der Waals surface area contributed by atoms with Crippen LogP contribution < -0.4 is 10.2 Å². The maximum absolute atomic E-state index is 13.7. The fraction of sp³-hybridized carbons (Fsp3) is 0.429. The lowest BCUT2D eigenvalue weighted by Crippen LogP contribution is -2.62. The standard InChI is InChI=1S/C14H15FN4.ClH/c15-10-2-1-3-11-14(10)18-13(7-17-11)19-5-4-9-6-16-12(9)8-19;/h1-3,7,9,12,16H,4-6,8H2;1H. The van der Waals surface area contributed by atoms with Crippen molar-refractivity contribution in [3.8, 4) is 0 Å². The van der Waals surface area contributed by atoms with E-state index in [0.717, 1.165) is 31.4 Å². The van der Waals surface area contributed by atoms with Gasteiger partial charge in [-0.15, -0.1) is 12.4 Å². The molecule has 106 valence electrons. The second-order valence-electron chi connectivity index (χ2n) is 5.35. The normalized spacial score (nSPS) is 24.8. The molecule has 2 aliphatic heterocycles. The quantitative estimate of drug-likeness (QED) is 0.873. The lowest BCUT2D eigenvalue weighted by Gasteiger charge is -2.46. The van der Waals surface area contributed by atoms with Gasteiger partial charge in [-0.25, -0.2) is 9.37 Å². The molecule has 6 heteroatoms. The van der Waals surface area contributed by atoms with Crippen molar-refractivity contribution in [3.05, 3.63) is 30.2 Å². The average molecular weight is 295 g/mol. The van der Waals surface area contributed by atoms with E-state index in [2.05, 4.69) is 20.2 Å². The van der Waals surface area contributed by atoms with Crippen LogP contribution in [0, 0.1) is 11.7 Å². The molecule has 2 unspecified atom stereocenters. The Balaban J connectivity index is 0.00000121. The van der Waals surface area contributed by atoms with Gasteiger partial charge in [0, 0.05) is 19.1 Å². The molecule has 1 aromatic heterocycles. The van der Waals surface area contributed by atoms with E-state index in [0.29, 0.717) is 17.1 Å². The minimum absolute atomic E-state index is 0. The number of hydrogen-bond donors (Lipinski definition) is 1. The molecule has 2 fully saturated rings. The highest BCUT2D eigenvalue weighted by Crippen LogP contribution is 2.27. The van der Waals surface area contributed by atoms with Gasteiger partial charge in [-0.05, 0) is 31.0 Å². The molecule has 0 bridgehead atoms. The molecule has 1 aromatic carbocycles. The van der Waals surface area contributed by atoms with Gasteiger partial charge in [0.05, 0.1) is 11.7 Å². The van der Waals surface area contributed by atoms with Gasteiger partial charge in [-0.2, -0.15) is 0 Å². The van der Waals surface area contributed by atoms with Gasteiger partial charge in [0.25, 0.3) is 0 Å². The Hall–Kier alpha value is -1.46. The Labute approximate surface area is 122 Å². The SMILES string of the molecule is Cl.Fc1cccc2ncc(N3CCC4CNC4C3)nc12. The first kappa shape index (κ1) is 13.5. The van der Waals surface area contributed by atoms with Crippen molar-refractivity contribution in [1.82, 2.24) is 15.3 Å². The molecule has 4 nitrogen and oxygen atoms in total. The lowest BCUT2D eigenvalue weighted by molar-refractivity contribution is 0.196. The van der Waals surface area contributed by atoms with Crippen molar-refractivity contribution in [3.63, 3.8) is 0 Å². The van der Waals surface area contributed by atoms with E-state index < -0.39 is 0 Å². The first-order chi connectivity index (χ1) is 9.31. The van der Waals surface area contributed by atoms with Crippen LogP contribution in [0.25, 0.3) is 11.0 Å². The van der Waals surface area contributed by atoms with Crippen molar-refractivity contribution in [2.24, 2.45) is 5.92 Å². The van der Waals surface area contributed by atoms with Crippen LogP contribution in [0.2, 0.25) is 0 Å². The summed E-state index contributed by atoms with van der Waals surface area (Å²) in [5.41, 5.74) is 0.976. The van der Waals surface area contributed by atoms with E-state index in [9.17, 15) is 4.39 Å². The lowest BCUT2D eigenvalue weighted by atomic mass is 9.85. The number of benzene rings is 1. The number of hydrogen-bond acceptors (Lipinski definition) is 4. The van der Waals surface area contributed by atoms with Gasteiger partial charge in [-0.1, -0.05) is 6.07 Å². The Kier molecular flexibility index (Phi) is 3.48. The fourth-order valence-electron chi connectivity index (χ4n) is 2.97. The first-order valence-corrected chi connectivity index (χ1v) is 6.71. The van der Waals surface area contributed by atoms with Crippen molar-refractivity contribution >= 4 is 29.3 Å². The van der Waals surface area contributed by atoms with Crippen LogP contribution in [-0.2, 0) is 0 Å². The van der Waals surface area contributed by atoms with Crippen molar-refractivity contribution in [2.75, 3.05) is 24.5 Å². The summed E-state index contributed by atoms with van der Waals surface area (Å²) in [7, 11) is 0. The minimum Gasteiger partial charge on any atom is -0.354 e. The number of para-hydroxylation sites is 1. The van der Waals surface area contributed by atoms with Crippen molar-refractivity contribution < 1.29 is 4.39 Å². The van der Waals surface area contributed by atoms with Gasteiger partial charge in [0.15, 0.2) is 5.82 Å². The van der Waals surface area contributed by atoms with Crippen molar-refractivity contribution in [2.45, 2.75) is 12.5 Å².